The van der Waals surface area contributed by atoms with Gasteiger partial charge in [0.15, 0.2) is 0 Å². The number of carbonyl (C=O) groups excluding carboxylic acids is 7. The first-order valence-electron chi connectivity index (χ1n) is 18.9. The third-order valence-corrected chi connectivity index (χ3v) is 11.2. The van der Waals surface area contributed by atoms with Gasteiger partial charge in [-0.15, -0.1) is 0 Å². The maximum absolute atomic E-state index is 14.2. The van der Waals surface area contributed by atoms with Gasteiger partial charge in [0, 0.05) is 28.2 Å². The molecular formula is C38H67N7O7. The maximum Gasteiger partial charge on any atom is 0.245 e. The highest BCUT2D eigenvalue weighted by Gasteiger charge is 2.53. The molecule has 14 nitrogen and oxygen atoms in total. The van der Waals surface area contributed by atoms with Gasteiger partial charge in [0.1, 0.15) is 42.3 Å². The molecule has 2 rings (SSSR count). The van der Waals surface area contributed by atoms with E-state index in [1.165, 1.54) is 47.8 Å². The molecule has 0 aromatic heterocycles. The molecule has 14 heteroatoms. The summed E-state index contributed by atoms with van der Waals surface area (Å²) in [6.45, 7) is 20.2. The predicted octanol–water partition coefficient (Wildman–Crippen LogP) is 1.86. The normalized spacial score (nSPS) is 32.7. The lowest BCUT2D eigenvalue weighted by atomic mass is 9.98. The number of amides is 7. The van der Waals surface area contributed by atoms with Crippen LogP contribution < -0.4 is 16.0 Å². The van der Waals surface area contributed by atoms with Crippen molar-refractivity contribution in [2.75, 3.05) is 28.2 Å². The fourth-order valence-electron chi connectivity index (χ4n) is 7.02. The summed E-state index contributed by atoms with van der Waals surface area (Å²) in [6.07, 6.45) is 0.844. The van der Waals surface area contributed by atoms with Crippen LogP contribution in [0, 0.1) is 35.5 Å². The minimum atomic E-state index is -1.01. The van der Waals surface area contributed by atoms with Gasteiger partial charge in [-0.1, -0.05) is 55.4 Å². The molecule has 2 aliphatic rings. The average molecular weight is 734 g/mol. The summed E-state index contributed by atoms with van der Waals surface area (Å²) in [7, 11) is 5.99. The van der Waals surface area contributed by atoms with Gasteiger partial charge in [-0.3, -0.25) is 33.6 Å². The Kier molecular flexibility index (Phi) is 15.7. The Hall–Kier alpha value is -3.71. The van der Waals surface area contributed by atoms with Gasteiger partial charge >= 0.3 is 0 Å². The monoisotopic (exact) mass is 734 g/mol. The summed E-state index contributed by atoms with van der Waals surface area (Å²) < 4.78 is 0. The molecule has 0 spiro atoms. The smallest absolute Gasteiger partial charge is 0.245 e. The maximum atomic E-state index is 14.2. The Morgan fingerprint density at radius 1 is 0.462 bits per heavy atom. The summed E-state index contributed by atoms with van der Waals surface area (Å²) in [5, 5.41) is 8.61. The largest absolute Gasteiger partial charge is 0.343 e. The van der Waals surface area contributed by atoms with Crippen LogP contribution >= 0.6 is 0 Å². The van der Waals surface area contributed by atoms with Crippen molar-refractivity contribution in [3.05, 3.63) is 0 Å². The molecule has 0 aromatic rings. The summed E-state index contributed by atoms with van der Waals surface area (Å²) in [4.78, 5) is 103. The van der Waals surface area contributed by atoms with Gasteiger partial charge in [-0.05, 0) is 75.5 Å². The molecule has 296 valence electrons. The SMILES string of the molecule is CC(C)C[C@H]1NC(=O)[C@@H](C)N(C)C(=O)[C@H](C)N(C)C(=O)[C@H](C2[C@@H](C)[C@@H]2C)NC(=O)[C@H](CC(C)C)N(C)C(=O)[C@H](C)N(C)C(=O)[C@@H](CC(C)C)NC1=O. The molecule has 1 aliphatic carbocycles. The highest BCUT2D eigenvalue weighted by atomic mass is 16.2. The van der Waals surface area contributed by atoms with Crippen molar-refractivity contribution in [3.63, 3.8) is 0 Å². The zero-order valence-electron chi connectivity index (χ0n) is 34.3. The minimum absolute atomic E-state index is 0.00153. The van der Waals surface area contributed by atoms with E-state index in [2.05, 4.69) is 16.0 Å². The van der Waals surface area contributed by atoms with Gasteiger partial charge in [-0.25, -0.2) is 0 Å². The summed E-state index contributed by atoms with van der Waals surface area (Å²) in [5.41, 5.74) is 0. The number of nitrogens with zero attached hydrogens (tertiary/aromatic N) is 4. The van der Waals surface area contributed by atoms with Crippen LogP contribution in [0.2, 0.25) is 0 Å². The molecule has 0 radical (unpaired) electrons. The summed E-state index contributed by atoms with van der Waals surface area (Å²) in [6, 6.07) is -6.91. The van der Waals surface area contributed by atoms with Crippen LogP contribution in [0.5, 0.6) is 0 Å². The van der Waals surface area contributed by atoms with E-state index in [4.69, 9.17) is 0 Å². The van der Waals surface area contributed by atoms with E-state index >= 15 is 0 Å². The van der Waals surface area contributed by atoms with Crippen molar-refractivity contribution in [2.24, 2.45) is 35.5 Å². The Labute approximate surface area is 311 Å². The molecule has 0 unspecified atom stereocenters. The lowest BCUT2D eigenvalue weighted by Gasteiger charge is -2.36. The quantitative estimate of drug-likeness (QED) is 0.359. The topological polar surface area (TPSA) is 169 Å². The number of hydrogen-bond acceptors (Lipinski definition) is 7. The van der Waals surface area contributed by atoms with E-state index in [0.717, 1.165) is 0 Å². The fourth-order valence-corrected chi connectivity index (χ4v) is 7.02. The number of nitrogens with one attached hydrogen (secondary N) is 3. The van der Waals surface area contributed by atoms with Crippen LogP contribution in [-0.4, -0.2) is 131 Å². The van der Waals surface area contributed by atoms with E-state index in [1.54, 1.807) is 20.8 Å². The predicted molar refractivity (Wildman–Crippen MR) is 199 cm³/mol. The van der Waals surface area contributed by atoms with E-state index in [9.17, 15) is 33.6 Å². The van der Waals surface area contributed by atoms with Crippen LogP contribution in [-0.2, 0) is 33.6 Å². The van der Waals surface area contributed by atoms with Crippen molar-refractivity contribution in [3.8, 4) is 0 Å². The summed E-state index contributed by atoms with van der Waals surface area (Å²) >= 11 is 0. The molecule has 1 heterocycles. The fraction of sp³-hybridized carbons (Fsp3) is 0.816. The average Bonchev–Trinajstić information content (AvgIpc) is 3.67. The minimum Gasteiger partial charge on any atom is -0.343 e. The van der Waals surface area contributed by atoms with Crippen LogP contribution in [0.25, 0.3) is 0 Å². The molecule has 9 atom stereocenters. The van der Waals surface area contributed by atoms with Gasteiger partial charge < -0.3 is 35.6 Å². The highest BCUT2D eigenvalue weighted by Crippen LogP contribution is 2.48. The second-order valence-electron chi connectivity index (χ2n) is 16.6. The standard InChI is InChI=1S/C38H67N7O7/c1-19(2)16-27-33(47)40-28(17-20(3)4)37(51)43(13)26(11)36(50)45(15)29(18-21(5)6)34(48)41-31(30-22(7)23(30)8)38(52)44(14)25(10)35(49)42(12)24(9)32(46)39-27/h19-31H,16-18H2,1-15H3,(H,39,46)(H,40,47)(H,41,48)/t22-,23-,24+,25-,26-,27+,28+,29-,31-/m0/s1. The van der Waals surface area contributed by atoms with Crippen LogP contribution in [0.4, 0.5) is 0 Å². The molecular weight excluding hydrogens is 666 g/mol. The van der Waals surface area contributed by atoms with Crippen molar-refractivity contribution in [1.29, 1.82) is 0 Å². The van der Waals surface area contributed by atoms with Crippen molar-refractivity contribution >= 4 is 41.4 Å². The second-order valence-corrected chi connectivity index (χ2v) is 16.6. The van der Waals surface area contributed by atoms with E-state index < -0.39 is 83.6 Å². The number of hydrogen-bond donors (Lipinski definition) is 3. The third kappa shape index (κ3) is 10.7. The number of rotatable bonds is 7. The van der Waals surface area contributed by atoms with Crippen LogP contribution in [0.1, 0.15) is 95.4 Å². The first-order chi connectivity index (χ1) is 23.9. The van der Waals surface area contributed by atoms with E-state index in [1.807, 2.05) is 55.4 Å². The van der Waals surface area contributed by atoms with E-state index in [-0.39, 0.29) is 48.3 Å². The zero-order valence-corrected chi connectivity index (χ0v) is 34.3. The Morgan fingerprint density at radius 3 is 1.33 bits per heavy atom. The van der Waals surface area contributed by atoms with E-state index in [0.29, 0.717) is 6.42 Å². The van der Waals surface area contributed by atoms with Gasteiger partial charge in [0.25, 0.3) is 0 Å². The molecule has 1 aliphatic heterocycles. The third-order valence-electron chi connectivity index (χ3n) is 11.2. The molecule has 1 saturated heterocycles. The van der Waals surface area contributed by atoms with Gasteiger partial charge in [-0.2, -0.15) is 0 Å². The molecule has 0 bridgehead atoms. The Morgan fingerprint density at radius 2 is 0.865 bits per heavy atom. The summed E-state index contributed by atoms with van der Waals surface area (Å²) in [5.74, 6) is -3.48. The molecule has 0 aromatic carbocycles. The highest BCUT2D eigenvalue weighted by molar-refractivity contribution is 5.98. The van der Waals surface area contributed by atoms with Crippen molar-refractivity contribution < 1.29 is 33.6 Å². The zero-order chi connectivity index (χ0) is 40.1. The molecule has 3 N–H and O–H groups in total. The number of likely N-dealkylation sites (N-methyl/N-ethyl adjacent to an activating group) is 4. The molecule has 1 saturated carbocycles. The lowest BCUT2D eigenvalue weighted by Crippen LogP contribution is -2.60. The molecule has 52 heavy (non-hydrogen) atoms. The lowest BCUT2D eigenvalue weighted by molar-refractivity contribution is -0.150. The first-order valence-corrected chi connectivity index (χ1v) is 18.9. The van der Waals surface area contributed by atoms with Crippen molar-refractivity contribution in [2.45, 2.75) is 138 Å². The Bertz CT molecular complexity index is 1330. The first kappa shape index (κ1) is 44.5. The molecule has 7 amide bonds. The number of carbonyl (C=O) groups is 7. The van der Waals surface area contributed by atoms with Gasteiger partial charge in [0.2, 0.25) is 41.4 Å². The van der Waals surface area contributed by atoms with Crippen LogP contribution in [0.3, 0.4) is 0 Å². The molecule has 2 fully saturated rings. The second kappa shape index (κ2) is 18.4. The van der Waals surface area contributed by atoms with Crippen LogP contribution in [0.15, 0.2) is 0 Å². The van der Waals surface area contributed by atoms with Crippen molar-refractivity contribution in [1.82, 2.24) is 35.6 Å². The Balaban J connectivity index is 2.70. The van der Waals surface area contributed by atoms with Gasteiger partial charge in [0.05, 0.1) is 0 Å².